The van der Waals surface area contributed by atoms with E-state index in [1.54, 1.807) is 0 Å². The number of amides is 1. The molecule has 1 unspecified atom stereocenters. The molecule has 1 amide bonds. The fourth-order valence-electron chi connectivity index (χ4n) is 3.92. The van der Waals surface area contributed by atoms with Gasteiger partial charge in [0.15, 0.2) is 0 Å². The van der Waals surface area contributed by atoms with E-state index in [9.17, 15) is 9.90 Å². The van der Waals surface area contributed by atoms with E-state index < -0.39 is 6.10 Å². The Kier molecular flexibility index (Phi) is 6.98. The van der Waals surface area contributed by atoms with Gasteiger partial charge in [0.05, 0.1) is 12.1 Å². The second-order valence-corrected chi connectivity index (χ2v) is 7.34. The number of aliphatic hydroxyl groups excluding tert-OH is 1. The fourth-order valence-corrected chi connectivity index (χ4v) is 3.92. The number of rotatable bonds is 8. The normalized spacial score (nSPS) is 18.4. The van der Waals surface area contributed by atoms with Crippen LogP contribution in [0.25, 0.3) is 0 Å². The summed E-state index contributed by atoms with van der Waals surface area (Å²) in [7, 11) is 0. The number of hydrogen-bond donors (Lipinski definition) is 4. The molecule has 0 bridgehead atoms. The zero-order valence-corrected chi connectivity index (χ0v) is 15.6. The van der Waals surface area contributed by atoms with E-state index >= 15 is 0 Å². The topological polar surface area (TPSA) is 87.4 Å². The van der Waals surface area contributed by atoms with E-state index in [0.717, 1.165) is 24.8 Å². The maximum atomic E-state index is 13.1. The van der Waals surface area contributed by atoms with Crippen LogP contribution in [0.1, 0.15) is 42.0 Å². The second-order valence-electron chi connectivity index (χ2n) is 7.34. The Hall–Kier alpha value is -2.21. The minimum Gasteiger partial charge on any atom is -0.392 e. The lowest BCUT2D eigenvalue weighted by Crippen LogP contribution is -2.40. The number of aryl methyl sites for hydroxylation is 1. The average Bonchev–Trinajstić information content (AvgIpc) is 2.69. The number of hydrazine groups is 1. The van der Waals surface area contributed by atoms with Crippen LogP contribution in [0.15, 0.2) is 54.6 Å². The van der Waals surface area contributed by atoms with Gasteiger partial charge in [-0.1, -0.05) is 54.6 Å². The van der Waals surface area contributed by atoms with Gasteiger partial charge in [-0.25, -0.2) is 0 Å². The van der Waals surface area contributed by atoms with Gasteiger partial charge in [-0.3, -0.25) is 16.1 Å². The van der Waals surface area contributed by atoms with Crippen LogP contribution >= 0.6 is 0 Å². The van der Waals surface area contributed by atoms with Crippen molar-refractivity contribution in [2.24, 2.45) is 11.8 Å². The SMILES string of the molecule is NNC[C@@H](O)C[C@H](Cc1ccccc1)C(=O)NC1CCCc2ccccc21. The largest absolute Gasteiger partial charge is 0.392 e. The molecule has 5 nitrogen and oxygen atoms in total. The molecule has 0 aliphatic heterocycles. The van der Waals surface area contributed by atoms with Gasteiger partial charge in [-0.05, 0) is 48.8 Å². The van der Waals surface area contributed by atoms with E-state index in [2.05, 4.69) is 28.9 Å². The van der Waals surface area contributed by atoms with Crippen LogP contribution in [0.2, 0.25) is 0 Å². The summed E-state index contributed by atoms with van der Waals surface area (Å²) >= 11 is 0. The second kappa shape index (κ2) is 9.65. The first-order chi connectivity index (χ1) is 13.2. The van der Waals surface area contributed by atoms with E-state index in [4.69, 9.17) is 5.84 Å². The molecule has 2 aromatic rings. The van der Waals surface area contributed by atoms with E-state index in [0.29, 0.717) is 12.8 Å². The van der Waals surface area contributed by atoms with E-state index in [1.165, 1.54) is 11.1 Å². The molecule has 0 fully saturated rings. The highest BCUT2D eigenvalue weighted by atomic mass is 16.3. The van der Waals surface area contributed by atoms with Gasteiger partial charge < -0.3 is 10.4 Å². The predicted molar refractivity (Wildman–Crippen MR) is 107 cm³/mol. The number of carbonyl (C=O) groups excluding carboxylic acids is 1. The van der Waals surface area contributed by atoms with Gasteiger partial charge in [-0.15, -0.1) is 0 Å². The maximum Gasteiger partial charge on any atom is 0.224 e. The van der Waals surface area contributed by atoms with Crippen molar-refractivity contribution >= 4 is 5.91 Å². The summed E-state index contributed by atoms with van der Waals surface area (Å²) in [5.74, 6) is 5.02. The van der Waals surface area contributed by atoms with Crippen molar-refractivity contribution in [3.63, 3.8) is 0 Å². The van der Waals surface area contributed by atoms with Gasteiger partial charge >= 0.3 is 0 Å². The highest BCUT2D eigenvalue weighted by molar-refractivity contribution is 5.79. The Labute approximate surface area is 160 Å². The predicted octanol–water partition coefficient (Wildman–Crippen LogP) is 2.25. The molecule has 0 heterocycles. The number of carbonyl (C=O) groups is 1. The van der Waals surface area contributed by atoms with Crippen molar-refractivity contribution in [2.75, 3.05) is 6.54 Å². The molecule has 5 N–H and O–H groups in total. The Morgan fingerprint density at radius 2 is 1.89 bits per heavy atom. The Morgan fingerprint density at radius 3 is 2.67 bits per heavy atom. The first-order valence-electron chi connectivity index (χ1n) is 9.71. The van der Waals surface area contributed by atoms with Crippen molar-refractivity contribution in [3.8, 4) is 0 Å². The quantitative estimate of drug-likeness (QED) is 0.426. The molecule has 5 heteroatoms. The van der Waals surface area contributed by atoms with Crippen molar-refractivity contribution in [3.05, 3.63) is 71.3 Å². The summed E-state index contributed by atoms with van der Waals surface area (Å²) in [5.41, 5.74) is 6.12. The summed E-state index contributed by atoms with van der Waals surface area (Å²) in [5, 5.41) is 13.4. The van der Waals surface area contributed by atoms with Gasteiger partial charge in [0, 0.05) is 12.5 Å². The van der Waals surface area contributed by atoms with E-state index in [-0.39, 0.29) is 24.4 Å². The molecular weight excluding hydrogens is 338 g/mol. The van der Waals surface area contributed by atoms with Crippen LogP contribution in [0.3, 0.4) is 0 Å². The first kappa shape index (κ1) is 19.5. The number of fused-ring (bicyclic) bond motifs is 1. The summed E-state index contributed by atoms with van der Waals surface area (Å²) < 4.78 is 0. The number of hydrogen-bond acceptors (Lipinski definition) is 4. The van der Waals surface area contributed by atoms with E-state index in [1.807, 2.05) is 36.4 Å². The zero-order valence-electron chi connectivity index (χ0n) is 15.6. The molecule has 0 spiro atoms. The average molecular weight is 367 g/mol. The highest BCUT2D eigenvalue weighted by Crippen LogP contribution is 2.30. The lowest BCUT2D eigenvalue weighted by Gasteiger charge is -2.29. The minimum atomic E-state index is -0.659. The van der Waals surface area contributed by atoms with Gasteiger partial charge in [0.1, 0.15) is 0 Å². The fraction of sp³-hybridized carbons (Fsp3) is 0.409. The summed E-state index contributed by atoms with van der Waals surface area (Å²) in [6.07, 6.45) is 3.41. The lowest BCUT2D eigenvalue weighted by atomic mass is 9.86. The van der Waals surface area contributed by atoms with Gasteiger partial charge in [0.2, 0.25) is 5.91 Å². The molecule has 3 atom stereocenters. The van der Waals surface area contributed by atoms with Gasteiger partial charge in [-0.2, -0.15) is 0 Å². The molecule has 0 radical (unpaired) electrons. The number of benzene rings is 2. The van der Waals surface area contributed by atoms with Crippen LogP contribution < -0.4 is 16.6 Å². The molecule has 0 saturated carbocycles. The van der Waals surface area contributed by atoms with Crippen LogP contribution in [0, 0.1) is 5.92 Å². The molecule has 2 aromatic carbocycles. The van der Waals surface area contributed by atoms with Crippen molar-refractivity contribution in [1.82, 2.24) is 10.7 Å². The molecule has 1 aliphatic carbocycles. The van der Waals surface area contributed by atoms with Crippen molar-refractivity contribution in [1.29, 1.82) is 0 Å². The van der Waals surface area contributed by atoms with Crippen LogP contribution in [0.5, 0.6) is 0 Å². The lowest BCUT2D eigenvalue weighted by molar-refractivity contribution is -0.126. The molecule has 27 heavy (non-hydrogen) atoms. The molecule has 0 aromatic heterocycles. The maximum absolute atomic E-state index is 13.1. The molecular formula is C22H29N3O2. The monoisotopic (exact) mass is 367 g/mol. The number of nitrogens with two attached hydrogens (primary N) is 1. The zero-order chi connectivity index (χ0) is 19.1. The first-order valence-corrected chi connectivity index (χ1v) is 9.71. The highest BCUT2D eigenvalue weighted by Gasteiger charge is 2.27. The minimum absolute atomic E-state index is 0.00312. The molecule has 1 aliphatic rings. The Balaban J connectivity index is 1.72. The van der Waals surface area contributed by atoms with Crippen LogP contribution in [0.4, 0.5) is 0 Å². The summed E-state index contributed by atoms with van der Waals surface area (Å²) in [4.78, 5) is 13.1. The van der Waals surface area contributed by atoms with Crippen LogP contribution in [-0.4, -0.2) is 23.7 Å². The smallest absolute Gasteiger partial charge is 0.224 e. The molecule has 0 saturated heterocycles. The number of nitrogens with one attached hydrogen (secondary N) is 2. The Bertz CT molecular complexity index is 735. The third-order valence-corrected chi connectivity index (χ3v) is 5.29. The van der Waals surface area contributed by atoms with Gasteiger partial charge in [0.25, 0.3) is 0 Å². The summed E-state index contributed by atoms with van der Waals surface area (Å²) in [6.45, 7) is 0.269. The summed E-state index contributed by atoms with van der Waals surface area (Å²) in [6, 6.07) is 18.3. The third kappa shape index (κ3) is 5.39. The Morgan fingerprint density at radius 1 is 1.15 bits per heavy atom. The van der Waals surface area contributed by atoms with Crippen LogP contribution in [-0.2, 0) is 17.6 Å². The molecule has 3 rings (SSSR count). The third-order valence-electron chi connectivity index (χ3n) is 5.29. The number of aliphatic hydroxyl groups is 1. The molecule has 144 valence electrons. The van der Waals surface area contributed by atoms with Crippen molar-refractivity contribution < 1.29 is 9.90 Å². The standard InChI is InChI=1S/C22H29N3O2/c23-24-15-19(26)14-18(13-16-7-2-1-3-8-16)22(27)25-21-12-6-10-17-9-4-5-11-20(17)21/h1-5,7-9,11,18-19,21,24,26H,6,10,12-15,23H2,(H,25,27)/t18-,19-,21?/m0/s1. The van der Waals surface area contributed by atoms with Crippen molar-refractivity contribution in [2.45, 2.75) is 44.2 Å².